The Morgan fingerprint density at radius 2 is 1.45 bits per heavy atom. The number of aryl methyl sites for hydroxylation is 1. The van der Waals surface area contributed by atoms with Gasteiger partial charge < -0.3 is 45.9 Å². The average Bonchev–Trinajstić information content (AvgIpc) is 4.00. The van der Waals surface area contributed by atoms with Gasteiger partial charge in [-0.3, -0.25) is 19.3 Å². The average molecular weight is 918 g/mol. The highest BCUT2D eigenvalue weighted by molar-refractivity contribution is 5.99. The zero-order valence-electron chi connectivity index (χ0n) is 37.8. The SMILES string of the molecule is NCCOCCC(=O)NCc1cnc(N2CCN(C(=O)CCOCCN3CCN(c4ncc(C(=O)CCCCCn5nc(-c6cnc7[nH]ccc7c6)c6c(N)ncnc65)cn4)CC3)CC2)nc1. The molecule has 0 aromatic carbocycles. The highest BCUT2D eigenvalue weighted by atomic mass is 16.5. The number of amides is 2. The molecule has 6 aromatic heterocycles. The molecule has 6 aromatic rings. The Morgan fingerprint density at radius 1 is 0.731 bits per heavy atom. The number of aromatic amines is 1. The van der Waals surface area contributed by atoms with E-state index in [-0.39, 0.29) is 24.0 Å². The molecule has 8 heterocycles. The van der Waals surface area contributed by atoms with Gasteiger partial charge in [-0.25, -0.2) is 39.6 Å². The van der Waals surface area contributed by atoms with E-state index in [1.165, 1.54) is 6.33 Å². The zero-order valence-corrected chi connectivity index (χ0v) is 37.8. The molecule has 22 nitrogen and oxygen atoms in total. The van der Waals surface area contributed by atoms with Gasteiger partial charge in [0.15, 0.2) is 11.4 Å². The first kappa shape index (κ1) is 46.8. The first-order chi connectivity index (χ1) is 32.8. The third-order valence-electron chi connectivity index (χ3n) is 12.0. The molecule has 0 bridgehead atoms. The summed E-state index contributed by atoms with van der Waals surface area (Å²) in [6.45, 7) is 9.52. The first-order valence-corrected chi connectivity index (χ1v) is 23.0. The van der Waals surface area contributed by atoms with Crippen molar-refractivity contribution >= 4 is 57.4 Å². The maximum absolute atomic E-state index is 13.0. The fourth-order valence-electron chi connectivity index (χ4n) is 8.14. The molecule has 0 unspecified atom stereocenters. The lowest BCUT2D eigenvalue weighted by atomic mass is 10.1. The van der Waals surface area contributed by atoms with Crippen molar-refractivity contribution in [1.82, 2.24) is 64.8 Å². The zero-order chi connectivity index (χ0) is 46.4. The van der Waals surface area contributed by atoms with E-state index in [2.05, 4.69) is 59.9 Å². The maximum Gasteiger partial charge on any atom is 0.225 e. The van der Waals surface area contributed by atoms with Gasteiger partial charge in [-0.1, -0.05) is 6.42 Å². The molecule has 0 spiro atoms. The number of nitrogens with two attached hydrogens (primary N) is 2. The first-order valence-electron chi connectivity index (χ1n) is 23.0. The fourth-order valence-corrected chi connectivity index (χ4v) is 8.14. The van der Waals surface area contributed by atoms with Crippen LogP contribution >= 0.6 is 0 Å². The van der Waals surface area contributed by atoms with Crippen molar-refractivity contribution in [2.75, 3.05) is 107 Å². The normalized spacial score (nSPS) is 14.6. The van der Waals surface area contributed by atoms with Crippen molar-refractivity contribution in [3.63, 3.8) is 0 Å². The molecule has 8 rings (SSSR count). The molecular formula is C45H59N17O5. The second kappa shape index (κ2) is 23.1. The number of Topliss-reactive ketones (excluding diaryl/α,β-unsaturated/α-hetero) is 1. The molecule has 67 heavy (non-hydrogen) atoms. The van der Waals surface area contributed by atoms with Gasteiger partial charge in [0.25, 0.3) is 0 Å². The Labute approximate surface area is 387 Å². The number of piperazine rings is 2. The molecule has 2 fully saturated rings. The van der Waals surface area contributed by atoms with Crippen LogP contribution < -0.4 is 26.6 Å². The van der Waals surface area contributed by atoms with Crippen LogP contribution in [0.4, 0.5) is 17.7 Å². The van der Waals surface area contributed by atoms with E-state index >= 15 is 0 Å². The molecule has 0 atom stereocenters. The third-order valence-corrected chi connectivity index (χ3v) is 12.0. The number of rotatable bonds is 23. The molecular weight excluding hydrogens is 859 g/mol. The van der Waals surface area contributed by atoms with Crippen LogP contribution in [-0.4, -0.2) is 169 Å². The van der Waals surface area contributed by atoms with Gasteiger partial charge in [-0.15, -0.1) is 0 Å². The number of unbranched alkanes of at least 4 members (excludes halogenated alkanes) is 2. The molecule has 0 radical (unpaired) electrons. The van der Waals surface area contributed by atoms with Crippen LogP contribution in [0.5, 0.6) is 0 Å². The van der Waals surface area contributed by atoms with E-state index in [1.54, 1.807) is 31.0 Å². The lowest BCUT2D eigenvalue weighted by Gasteiger charge is -2.35. The molecule has 2 saturated heterocycles. The van der Waals surface area contributed by atoms with Crippen molar-refractivity contribution in [2.24, 2.45) is 5.73 Å². The summed E-state index contributed by atoms with van der Waals surface area (Å²) in [4.78, 5) is 80.7. The number of hydrogen-bond donors (Lipinski definition) is 4. The van der Waals surface area contributed by atoms with Gasteiger partial charge >= 0.3 is 0 Å². The van der Waals surface area contributed by atoms with Gasteiger partial charge in [-0.2, -0.15) is 5.10 Å². The minimum atomic E-state index is -0.106. The van der Waals surface area contributed by atoms with Crippen LogP contribution in [0.3, 0.4) is 0 Å². The Bertz CT molecular complexity index is 2550. The summed E-state index contributed by atoms with van der Waals surface area (Å²) in [5, 5.41) is 9.39. The second-order valence-electron chi connectivity index (χ2n) is 16.6. The van der Waals surface area contributed by atoms with Gasteiger partial charge in [0, 0.05) is 145 Å². The summed E-state index contributed by atoms with van der Waals surface area (Å²) in [6.07, 6.45) is 15.2. The Morgan fingerprint density at radius 3 is 2.21 bits per heavy atom. The van der Waals surface area contributed by atoms with Gasteiger partial charge in [0.2, 0.25) is 23.7 Å². The Balaban J connectivity index is 0.671. The summed E-state index contributed by atoms with van der Waals surface area (Å²) in [5.41, 5.74) is 16.0. The number of ketones is 1. The van der Waals surface area contributed by atoms with Crippen LogP contribution in [0.1, 0.15) is 54.4 Å². The fraction of sp³-hybridized carbons (Fsp3) is 0.489. The Kier molecular flexibility index (Phi) is 16.1. The summed E-state index contributed by atoms with van der Waals surface area (Å²) >= 11 is 0. The van der Waals surface area contributed by atoms with Crippen molar-refractivity contribution in [2.45, 2.75) is 51.6 Å². The van der Waals surface area contributed by atoms with Gasteiger partial charge in [0.05, 0.1) is 43.8 Å². The number of H-pyrrole nitrogens is 1. The lowest BCUT2D eigenvalue weighted by Crippen LogP contribution is -2.49. The number of nitrogen functional groups attached to an aromatic ring is 1. The molecule has 2 amide bonds. The van der Waals surface area contributed by atoms with Crippen LogP contribution in [0.25, 0.3) is 33.3 Å². The summed E-state index contributed by atoms with van der Waals surface area (Å²) in [5.74, 6) is 1.59. The number of carbonyl (C=O) groups excluding carboxylic acids is 3. The summed E-state index contributed by atoms with van der Waals surface area (Å²) < 4.78 is 13.0. The van der Waals surface area contributed by atoms with Gasteiger partial charge in [-0.05, 0) is 25.0 Å². The van der Waals surface area contributed by atoms with Crippen molar-refractivity contribution in [3.8, 4) is 11.3 Å². The minimum Gasteiger partial charge on any atom is -0.383 e. The van der Waals surface area contributed by atoms with E-state index in [1.807, 2.05) is 27.9 Å². The highest BCUT2D eigenvalue weighted by Gasteiger charge is 2.24. The number of ether oxygens (including phenoxy) is 2. The number of pyridine rings is 1. The van der Waals surface area contributed by atoms with E-state index in [4.69, 9.17) is 26.0 Å². The molecule has 6 N–H and O–H groups in total. The monoisotopic (exact) mass is 917 g/mol. The number of hydrogen-bond acceptors (Lipinski definition) is 18. The molecule has 0 saturated carbocycles. The molecule has 22 heteroatoms. The largest absolute Gasteiger partial charge is 0.383 e. The smallest absolute Gasteiger partial charge is 0.225 e. The number of nitrogens with one attached hydrogen (secondary N) is 2. The number of nitrogens with zero attached hydrogens (tertiary/aromatic N) is 13. The second-order valence-corrected chi connectivity index (χ2v) is 16.6. The predicted molar refractivity (Wildman–Crippen MR) is 251 cm³/mol. The number of carbonyl (C=O) groups is 3. The van der Waals surface area contributed by atoms with Crippen LogP contribution in [0.2, 0.25) is 0 Å². The van der Waals surface area contributed by atoms with Crippen LogP contribution in [0.15, 0.2) is 55.6 Å². The van der Waals surface area contributed by atoms with Crippen molar-refractivity contribution in [1.29, 1.82) is 0 Å². The standard InChI is InChI=1S/C45H59N17O5/c46-8-22-66-20-6-37(64)49-25-32-26-51-44(52-27-32)61-17-15-59(16-18-61)38(65)7-21-67-23-19-58-11-13-60(14-12-58)45-53-29-35(30-54-45)36(63)4-2-1-3-10-62-43-39(41(47)55-31-56-43)40(57-62)34-24-33-5-9-48-42(33)50-28-34/h5,9,24,26-31H,1-4,6-8,10-23,25,46H2,(H,48,50)(H,49,64)(H2,47,55,56). The minimum absolute atomic E-state index is 0.0245. The maximum atomic E-state index is 13.0. The third kappa shape index (κ3) is 12.4. The molecule has 354 valence electrons. The topological polar surface area (TPSA) is 271 Å². The highest BCUT2D eigenvalue weighted by Crippen LogP contribution is 2.31. The van der Waals surface area contributed by atoms with Crippen LogP contribution in [-0.2, 0) is 32.2 Å². The number of fused-ring (bicyclic) bond motifs is 2. The summed E-state index contributed by atoms with van der Waals surface area (Å²) in [6, 6.07) is 3.99. The van der Waals surface area contributed by atoms with E-state index in [0.717, 1.165) is 74.1 Å². The van der Waals surface area contributed by atoms with Crippen molar-refractivity contribution < 1.29 is 23.9 Å². The number of aromatic nitrogens is 10. The molecule has 0 aliphatic carbocycles. The van der Waals surface area contributed by atoms with E-state index in [0.29, 0.717) is 125 Å². The van der Waals surface area contributed by atoms with E-state index in [9.17, 15) is 14.4 Å². The Hall–Kier alpha value is -6.75. The lowest BCUT2D eigenvalue weighted by molar-refractivity contribution is -0.132. The number of anilines is 3. The van der Waals surface area contributed by atoms with Crippen LogP contribution in [0, 0.1) is 0 Å². The molecule has 2 aliphatic rings. The quantitative estimate of drug-likeness (QED) is 0.0527. The van der Waals surface area contributed by atoms with Gasteiger partial charge in [0.1, 0.15) is 23.5 Å². The molecule has 2 aliphatic heterocycles. The predicted octanol–water partition coefficient (Wildman–Crippen LogP) is 1.83. The van der Waals surface area contributed by atoms with Crippen molar-refractivity contribution in [3.05, 3.63) is 66.8 Å². The summed E-state index contributed by atoms with van der Waals surface area (Å²) in [7, 11) is 0. The van der Waals surface area contributed by atoms with E-state index < -0.39 is 0 Å².